The Kier molecular flexibility index (Phi) is 8.90. The highest BCUT2D eigenvalue weighted by molar-refractivity contribution is 7.85. The Balaban J connectivity index is 4.48. The summed E-state index contributed by atoms with van der Waals surface area (Å²) in [6.07, 6.45) is 1.16. The Bertz CT molecular complexity index is 499. The lowest BCUT2D eigenvalue weighted by molar-refractivity contribution is -0.890. The third-order valence-corrected chi connectivity index (χ3v) is 5.47. The van der Waals surface area contributed by atoms with Gasteiger partial charge in [0.2, 0.25) is 0 Å². The van der Waals surface area contributed by atoms with Crippen molar-refractivity contribution in [2.24, 2.45) is 17.3 Å². The molecule has 0 rings (SSSR count). The zero-order chi connectivity index (χ0) is 19.2. The zero-order valence-electron chi connectivity index (χ0n) is 16.3. The van der Waals surface area contributed by atoms with E-state index in [1.54, 1.807) is 0 Å². The number of carbonyl (C=O) groups is 1. The van der Waals surface area contributed by atoms with Crippen molar-refractivity contribution >= 4 is 16.1 Å². The number of esters is 1. The lowest BCUT2D eigenvalue weighted by Gasteiger charge is -2.34. The summed E-state index contributed by atoms with van der Waals surface area (Å²) >= 11 is 0. The van der Waals surface area contributed by atoms with Gasteiger partial charge in [-0.05, 0) is 25.2 Å². The van der Waals surface area contributed by atoms with E-state index in [1.807, 2.05) is 34.9 Å². The van der Waals surface area contributed by atoms with Gasteiger partial charge in [0, 0.05) is 6.42 Å². The molecule has 0 fully saturated rings. The minimum Gasteiger partial charge on any atom is -0.459 e. The van der Waals surface area contributed by atoms with E-state index in [4.69, 9.17) is 9.29 Å². The van der Waals surface area contributed by atoms with Gasteiger partial charge in [-0.25, -0.2) is 0 Å². The highest BCUT2D eigenvalue weighted by Crippen LogP contribution is 2.35. The topological polar surface area (TPSA) is 80.7 Å². The largest absolute Gasteiger partial charge is 0.459 e. The maximum Gasteiger partial charge on any atom is 0.312 e. The smallest absolute Gasteiger partial charge is 0.312 e. The first-order valence-electron chi connectivity index (χ1n) is 8.64. The van der Waals surface area contributed by atoms with Crippen LogP contribution in [0.2, 0.25) is 0 Å². The van der Waals surface area contributed by atoms with Gasteiger partial charge in [0.05, 0.1) is 31.8 Å². The molecule has 1 unspecified atom stereocenters. The highest BCUT2D eigenvalue weighted by Gasteiger charge is 2.38. The Morgan fingerprint density at radius 3 is 2.12 bits per heavy atom. The van der Waals surface area contributed by atoms with Crippen molar-refractivity contribution in [1.29, 1.82) is 0 Å². The molecule has 0 heterocycles. The number of quaternary nitrogens is 1. The Morgan fingerprint density at radius 1 is 1.17 bits per heavy atom. The van der Waals surface area contributed by atoms with E-state index in [0.717, 1.165) is 6.42 Å². The normalized spacial score (nSPS) is 15.6. The molecule has 144 valence electrons. The van der Waals surface area contributed by atoms with Crippen LogP contribution < -0.4 is 0 Å². The van der Waals surface area contributed by atoms with Crippen LogP contribution >= 0.6 is 0 Å². The Labute approximate surface area is 147 Å². The maximum atomic E-state index is 12.5. The van der Waals surface area contributed by atoms with Gasteiger partial charge in [-0.2, -0.15) is 8.42 Å². The van der Waals surface area contributed by atoms with E-state index in [9.17, 15) is 13.2 Å². The quantitative estimate of drug-likeness (QED) is 0.345. The Morgan fingerprint density at radius 2 is 1.71 bits per heavy atom. The van der Waals surface area contributed by atoms with Crippen molar-refractivity contribution in [1.82, 2.24) is 0 Å². The Hall–Kier alpha value is -0.660. The fourth-order valence-corrected chi connectivity index (χ4v) is 3.23. The molecule has 0 bridgehead atoms. The molecule has 0 radical (unpaired) electrons. The average molecular weight is 367 g/mol. The standard InChI is InChI=1S/C17H35NO5S/c1-14(2)13-17(5,15(3)4)16(19)23-11-10-18(6,7)9-8-12-24(20,21)22/h14-15H,8-13H2,1-7H3/p+1. The second-order valence-corrected chi connectivity index (χ2v) is 9.90. The third-order valence-electron chi connectivity index (χ3n) is 4.67. The number of carbonyl (C=O) groups excluding carboxylic acids is 1. The molecular weight excluding hydrogens is 330 g/mol. The van der Waals surface area contributed by atoms with Crippen LogP contribution in [-0.4, -0.2) is 63.0 Å². The summed E-state index contributed by atoms with van der Waals surface area (Å²) in [6.45, 7) is 11.7. The van der Waals surface area contributed by atoms with E-state index in [-0.39, 0.29) is 17.6 Å². The summed E-state index contributed by atoms with van der Waals surface area (Å²) < 4.78 is 36.4. The molecule has 0 aromatic rings. The second-order valence-electron chi connectivity index (χ2n) is 8.33. The molecular formula is C17H36NO5S+. The van der Waals surface area contributed by atoms with Gasteiger partial charge >= 0.3 is 5.97 Å². The van der Waals surface area contributed by atoms with E-state index in [0.29, 0.717) is 36.5 Å². The predicted octanol–water partition coefficient (Wildman–Crippen LogP) is 2.59. The summed E-state index contributed by atoms with van der Waals surface area (Å²) in [5.41, 5.74) is -0.490. The molecule has 0 aliphatic carbocycles. The minimum absolute atomic E-state index is 0.163. The molecule has 0 saturated heterocycles. The van der Waals surface area contributed by atoms with Crippen molar-refractivity contribution in [3.8, 4) is 0 Å². The third kappa shape index (κ3) is 8.99. The van der Waals surface area contributed by atoms with Crippen LogP contribution in [0.15, 0.2) is 0 Å². The number of hydrogen-bond acceptors (Lipinski definition) is 4. The minimum atomic E-state index is -3.92. The van der Waals surface area contributed by atoms with Crippen LogP contribution in [-0.2, 0) is 19.6 Å². The lowest BCUT2D eigenvalue weighted by atomic mass is 9.73. The van der Waals surface area contributed by atoms with Crippen LogP contribution in [0.1, 0.15) is 47.5 Å². The number of rotatable bonds is 11. The zero-order valence-corrected chi connectivity index (χ0v) is 17.1. The molecule has 0 spiro atoms. The van der Waals surface area contributed by atoms with Gasteiger partial charge in [-0.15, -0.1) is 0 Å². The summed E-state index contributed by atoms with van der Waals surface area (Å²) in [4.78, 5) is 12.5. The SMILES string of the molecule is CC(C)CC(C)(C(=O)OCC[N+](C)(C)CCCS(=O)(=O)O)C(C)C. The molecule has 1 atom stereocenters. The van der Waals surface area contributed by atoms with Crippen molar-refractivity contribution in [3.05, 3.63) is 0 Å². The van der Waals surface area contributed by atoms with Gasteiger partial charge in [0.25, 0.3) is 10.1 Å². The monoisotopic (exact) mass is 366 g/mol. The van der Waals surface area contributed by atoms with Crippen LogP contribution in [0.5, 0.6) is 0 Å². The molecule has 0 saturated carbocycles. The predicted molar refractivity (Wildman–Crippen MR) is 96.2 cm³/mol. The summed E-state index contributed by atoms with van der Waals surface area (Å²) in [6, 6.07) is 0. The molecule has 0 amide bonds. The van der Waals surface area contributed by atoms with Crippen LogP contribution in [0.25, 0.3) is 0 Å². The maximum absolute atomic E-state index is 12.5. The molecule has 7 heteroatoms. The van der Waals surface area contributed by atoms with E-state index < -0.39 is 15.5 Å². The van der Waals surface area contributed by atoms with Crippen molar-refractivity contribution < 1.29 is 27.0 Å². The first-order valence-corrected chi connectivity index (χ1v) is 10.2. The highest BCUT2D eigenvalue weighted by atomic mass is 32.2. The first kappa shape index (κ1) is 23.3. The fourth-order valence-electron chi connectivity index (χ4n) is 2.74. The molecule has 0 aromatic carbocycles. The van der Waals surface area contributed by atoms with Crippen LogP contribution in [0.4, 0.5) is 0 Å². The summed E-state index contributed by atoms with van der Waals surface area (Å²) in [7, 11) is -0.0124. The number of likely N-dealkylation sites (N-methyl/N-ethyl adjacent to an activating group) is 1. The van der Waals surface area contributed by atoms with Gasteiger partial charge in [0.15, 0.2) is 0 Å². The first-order chi connectivity index (χ1) is 10.7. The fraction of sp³-hybridized carbons (Fsp3) is 0.941. The van der Waals surface area contributed by atoms with Gasteiger partial charge in [-0.1, -0.05) is 27.7 Å². The van der Waals surface area contributed by atoms with Crippen LogP contribution in [0.3, 0.4) is 0 Å². The van der Waals surface area contributed by atoms with Gasteiger partial charge in [-0.3, -0.25) is 9.35 Å². The van der Waals surface area contributed by atoms with Crippen molar-refractivity contribution in [3.63, 3.8) is 0 Å². The van der Waals surface area contributed by atoms with Gasteiger partial charge < -0.3 is 9.22 Å². The molecule has 24 heavy (non-hydrogen) atoms. The molecule has 1 N–H and O–H groups in total. The van der Waals surface area contributed by atoms with Gasteiger partial charge in [0.1, 0.15) is 13.2 Å². The van der Waals surface area contributed by atoms with Crippen molar-refractivity contribution in [2.75, 3.05) is 39.5 Å². The van der Waals surface area contributed by atoms with E-state index in [2.05, 4.69) is 13.8 Å². The summed E-state index contributed by atoms with van der Waals surface area (Å²) in [5, 5.41) is 0. The number of ether oxygens (including phenoxy) is 1. The van der Waals surface area contributed by atoms with Crippen molar-refractivity contribution in [2.45, 2.75) is 47.5 Å². The number of hydrogen-bond donors (Lipinski definition) is 1. The molecule has 0 aliphatic heterocycles. The van der Waals surface area contributed by atoms with Crippen LogP contribution in [0, 0.1) is 17.3 Å². The van der Waals surface area contributed by atoms with E-state index >= 15 is 0 Å². The number of nitrogens with zero attached hydrogens (tertiary/aromatic N) is 1. The summed E-state index contributed by atoms with van der Waals surface area (Å²) in [5.74, 6) is 0.209. The average Bonchev–Trinajstić information content (AvgIpc) is 2.35. The molecule has 0 aliphatic rings. The lowest BCUT2D eigenvalue weighted by Crippen LogP contribution is -2.45. The molecule has 0 aromatic heterocycles. The second kappa shape index (κ2) is 9.15. The molecule has 6 nitrogen and oxygen atoms in total. The van der Waals surface area contributed by atoms with E-state index in [1.165, 1.54) is 0 Å².